The van der Waals surface area contributed by atoms with Gasteiger partial charge >= 0.3 is 0 Å². The minimum absolute atomic E-state index is 0.378. The summed E-state index contributed by atoms with van der Waals surface area (Å²) in [6.45, 7) is 0.378. The summed E-state index contributed by atoms with van der Waals surface area (Å²) in [5.41, 5.74) is 5.35. The van der Waals surface area contributed by atoms with Gasteiger partial charge in [0.15, 0.2) is 0 Å². The summed E-state index contributed by atoms with van der Waals surface area (Å²) in [4.78, 5) is 0. The SMILES string of the molecule is N#CC(N)Cn1cc(Cl)cn1. The predicted octanol–water partition coefficient (Wildman–Crippen LogP) is 0.387. The first-order valence-corrected chi connectivity index (χ1v) is 3.43. The summed E-state index contributed by atoms with van der Waals surface area (Å²) in [6, 6.07) is 1.37. The molecule has 0 radical (unpaired) electrons. The van der Waals surface area contributed by atoms with Crippen molar-refractivity contribution < 1.29 is 0 Å². The molecule has 1 heterocycles. The molecule has 58 valence electrons. The maximum absolute atomic E-state index is 8.35. The lowest BCUT2D eigenvalue weighted by Gasteiger charge is -2.00. The van der Waals surface area contributed by atoms with Crippen molar-refractivity contribution in [2.75, 3.05) is 0 Å². The smallest absolute Gasteiger partial charge is 0.113 e. The molecular weight excluding hydrogens is 164 g/mol. The van der Waals surface area contributed by atoms with Crippen molar-refractivity contribution in [3.63, 3.8) is 0 Å². The number of nitriles is 1. The standard InChI is InChI=1S/C6H7ClN4/c7-5-2-10-11(3-5)4-6(9)1-8/h2-3,6H,4,9H2. The fourth-order valence-corrected chi connectivity index (χ4v) is 0.837. The maximum atomic E-state index is 8.35. The summed E-state index contributed by atoms with van der Waals surface area (Å²) in [7, 11) is 0. The van der Waals surface area contributed by atoms with Crippen molar-refractivity contribution in [3.8, 4) is 6.07 Å². The third kappa shape index (κ3) is 2.22. The normalized spacial score (nSPS) is 12.5. The van der Waals surface area contributed by atoms with Crippen LogP contribution in [0.4, 0.5) is 0 Å². The number of nitrogens with two attached hydrogens (primary N) is 1. The van der Waals surface area contributed by atoms with E-state index in [9.17, 15) is 0 Å². The van der Waals surface area contributed by atoms with Crippen LogP contribution in [0.1, 0.15) is 0 Å². The van der Waals surface area contributed by atoms with Crippen LogP contribution in [0.2, 0.25) is 5.02 Å². The Labute approximate surface area is 69.2 Å². The van der Waals surface area contributed by atoms with Gasteiger partial charge in [0.05, 0.1) is 23.8 Å². The Balaban J connectivity index is 2.59. The van der Waals surface area contributed by atoms with E-state index in [4.69, 9.17) is 22.6 Å². The van der Waals surface area contributed by atoms with Crippen molar-refractivity contribution in [3.05, 3.63) is 17.4 Å². The number of halogens is 1. The molecule has 0 aliphatic rings. The fourth-order valence-electron chi connectivity index (χ4n) is 0.681. The minimum atomic E-state index is -0.522. The average Bonchev–Trinajstić information content (AvgIpc) is 2.35. The first-order valence-electron chi connectivity index (χ1n) is 3.05. The van der Waals surface area contributed by atoms with Crippen molar-refractivity contribution in [2.24, 2.45) is 5.73 Å². The molecule has 0 aliphatic carbocycles. The van der Waals surface area contributed by atoms with Crippen LogP contribution >= 0.6 is 11.6 Å². The highest BCUT2D eigenvalue weighted by molar-refractivity contribution is 6.30. The topological polar surface area (TPSA) is 67.6 Å². The molecule has 1 rings (SSSR count). The van der Waals surface area contributed by atoms with Gasteiger partial charge < -0.3 is 5.73 Å². The van der Waals surface area contributed by atoms with Crippen LogP contribution in [-0.4, -0.2) is 15.8 Å². The highest BCUT2D eigenvalue weighted by atomic mass is 35.5. The zero-order valence-corrected chi connectivity index (χ0v) is 6.49. The largest absolute Gasteiger partial charge is 0.314 e. The third-order valence-corrected chi connectivity index (χ3v) is 1.35. The Morgan fingerprint density at radius 2 is 2.64 bits per heavy atom. The van der Waals surface area contributed by atoms with Gasteiger partial charge in [0.1, 0.15) is 6.04 Å². The molecule has 0 aliphatic heterocycles. The molecule has 11 heavy (non-hydrogen) atoms. The lowest BCUT2D eigenvalue weighted by Crippen LogP contribution is -2.24. The van der Waals surface area contributed by atoms with Gasteiger partial charge in [-0.1, -0.05) is 11.6 Å². The number of nitrogens with zero attached hydrogens (tertiary/aromatic N) is 3. The van der Waals surface area contributed by atoms with Crippen LogP contribution in [0.15, 0.2) is 12.4 Å². The first-order chi connectivity index (χ1) is 5.22. The summed E-state index contributed by atoms with van der Waals surface area (Å²) in [5, 5.41) is 12.8. The molecule has 0 aromatic carbocycles. The van der Waals surface area contributed by atoms with E-state index in [2.05, 4.69) is 5.10 Å². The molecule has 0 spiro atoms. The monoisotopic (exact) mass is 170 g/mol. The van der Waals surface area contributed by atoms with Crippen molar-refractivity contribution in [2.45, 2.75) is 12.6 Å². The second-order valence-electron chi connectivity index (χ2n) is 2.12. The van der Waals surface area contributed by atoms with Crippen molar-refractivity contribution >= 4 is 11.6 Å². The van der Waals surface area contributed by atoms with Crippen molar-refractivity contribution in [1.29, 1.82) is 5.26 Å². The highest BCUT2D eigenvalue weighted by Gasteiger charge is 2.01. The van der Waals surface area contributed by atoms with E-state index in [-0.39, 0.29) is 0 Å². The Kier molecular flexibility index (Phi) is 2.47. The lowest BCUT2D eigenvalue weighted by atomic mass is 10.3. The Morgan fingerprint density at radius 1 is 1.91 bits per heavy atom. The van der Waals surface area contributed by atoms with Gasteiger partial charge in [-0.25, -0.2) is 0 Å². The Hall–Kier alpha value is -1.05. The van der Waals surface area contributed by atoms with Gasteiger partial charge in [-0.3, -0.25) is 4.68 Å². The lowest BCUT2D eigenvalue weighted by molar-refractivity contribution is 0.574. The minimum Gasteiger partial charge on any atom is -0.314 e. The fraction of sp³-hybridized carbons (Fsp3) is 0.333. The molecule has 0 saturated heterocycles. The molecule has 0 saturated carbocycles. The van der Waals surface area contributed by atoms with Crippen LogP contribution in [0.25, 0.3) is 0 Å². The number of aromatic nitrogens is 2. The van der Waals surface area contributed by atoms with E-state index in [1.54, 1.807) is 6.20 Å². The van der Waals surface area contributed by atoms with Crippen LogP contribution in [-0.2, 0) is 6.54 Å². The second kappa shape index (κ2) is 3.37. The second-order valence-corrected chi connectivity index (χ2v) is 2.55. The molecule has 1 aromatic heterocycles. The molecule has 4 nitrogen and oxygen atoms in total. The van der Waals surface area contributed by atoms with Gasteiger partial charge in [0.25, 0.3) is 0 Å². The summed E-state index contributed by atoms with van der Waals surface area (Å²) >= 11 is 5.58. The van der Waals surface area contributed by atoms with Crippen LogP contribution in [0.5, 0.6) is 0 Å². The van der Waals surface area contributed by atoms with Gasteiger partial charge in [-0.2, -0.15) is 10.4 Å². The quantitative estimate of drug-likeness (QED) is 0.698. The molecule has 5 heteroatoms. The number of hydrogen-bond acceptors (Lipinski definition) is 3. The number of rotatable bonds is 2. The molecule has 0 fully saturated rings. The molecular formula is C6H7ClN4. The maximum Gasteiger partial charge on any atom is 0.113 e. The Morgan fingerprint density at radius 3 is 3.09 bits per heavy atom. The van der Waals surface area contributed by atoms with Gasteiger partial charge in [-0.05, 0) is 0 Å². The molecule has 2 N–H and O–H groups in total. The van der Waals surface area contributed by atoms with Crippen LogP contribution in [0.3, 0.4) is 0 Å². The molecule has 0 amide bonds. The van der Waals surface area contributed by atoms with Gasteiger partial charge in [0, 0.05) is 6.20 Å². The van der Waals surface area contributed by atoms with Crippen molar-refractivity contribution in [1.82, 2.24) is 9.78 Å². The average molecular weight is 171 g/mol. The van der Waals surface area contributed by atoms with E-state index in [1.165, 1.54) is 10.9 Å². The molecule has 0 bridgehead atoms. The van der Waals surface area contributed by atoms with Crippen LogP contribution in [0, 0.1) is 11.3 Å². The summed E-state index contributed by atoms with van der Waals surface area (Å²) in [6.07, 6.45) is 3.13. The summed E-state index contributed by atoms with van der Waals surface area (Å²) < 4.78 is 1.54. The van der Waals surface area contributed by atoms with E-state index >= 15 is 0 Å². The van der Waals surface area contributed by atoms with E-state index in [1.807, 2.05) is 6.07 Å². The molecule has 1 aromatic rings. The predicted molar refractivity (Wildman–Crippen MR) is 40.8 cm³/mol. The molecule has 1 atom stereocenters. The third-order valence-electron chi connectivity index (χ3n) is 1.15. The van der Waals surface area contributed by atoms with Crippen LogP contribution < -0.4 is 5.73 Å². The van der Waals surface area contributed by atoms with Gasteiger partial charge in [0.2, 0.25) is 0 Å². The first kappa shape index (κ1) is 8.05. The zero-order valence-electron chi connectivity index (χ0n) is 5.74. The highest BCUT2D eigenvalue weighted by Crippen LogP contribution is 2.04. The van der Waals surface area contributed by atoms with E-state index < -0.39 is 6.04 Å². The molecule has 1 unspecified atom stereocenters. The van der Waals surface area contributed by atoms with E-state index in [0.29, 0.717) is 11.6 Å². The zero-order chi connectivity index (χ0) is 8.27. The summed E-state index contributed by atoms with van der Waals surface area (Å²) in [5.74, 6) is 0. The van der Waals surface area contributed by atoms with Gasteiger partial charge in [-0.15, -0.1) is 0 Å². The Bertz CT molecular complexity index is 274. The van der Waals surface area contributed by atoms with E-state index in [0.717, 1.165) is 0 Å². The number of hydrogen-bond donors (Lipinski definition) is 1.